The normalized spacial score (nSPS) is 12.1. The maximum absolute atomic E-state index is 5.31. The Hall–Kier alpha value is -6.54. The van der Waals surface area contributed by atoms with Crippen LogP contribution in [0.25, 0.3) is 27.8 Å². The molecule has 0 aliphatic heterocycles. The van der Waals surface area contributed by atoms with E-state index in [0.717, 1.165) is 22.3 Å². The molecular weight excluding hydrogens is 699 g/mol. The molecular formula is C50H39N3Si2. The van der Waals surface area contributed by atoms with Crippen molar-refractivity contribution < 1.29 is 0 Å². The molecule has 3 nitrogen and oxygen atoms in total. The lowest BCUT2D eigenvalue weighted by Crippen LogP contribution is -2.74. The number of hydrogen-bond acceptors (Lipinski definition) is 1. The van der Waals surface area contributed by atoms with E-state index in [2.05, 4.69) is 234 Å². The molecule has 10 aromatic rings. The quantitative estimate of drug-likeness (QED) is 0.144. The van der Waals surface area contributed by atoms with E-state index in [4.69, 9.17) is 4.98 Å². The van der Waals surface area contributed by atoms with E-state index in [0.29, 0.717) is 0 Å². The fraction of sp³-hybridized carbons (Fsp3) is 0.0200. The Kier molecular flexibility index (Phi) is 8.05. The molecule has 0 fully saturated rings. The summed E-state index contributed by atoms with van der Waals surface area (Å²) in [6.07, 6.45) is 0. The second kappa shape index (κ2) is 13.4. The maximum Gasteiger partial charge on any atom is 0.215 e. The molecule has 5 heteroatoms. The molecule has 0 saturated heterocycles. The van der Waals surface area contributed by atoms with Gasteiger partial charge in [-0.1, -0.05) is 194 Å². The van der Waals surface area contributed by atoms with Gasteiger partial charge in [-0.05, 0) is 65.8 Å². The van der Waals surface area contributed by atoms with Gasteiger partial charge in [0.25, 0.3) is 0 Å². The summed E-state index contributed by atoms with van der Waals surface area (Å²) in [5.74, 6) is 0.942. The molecule has 262 valence electrons. The highest BCUT2D eigenvalue weighted by Crippen LogP contribution is 2.26. The van der Waals surface area contributed by atoms with Crippen LogP contribution in [0.4, 0.5) is 0 Å². The minimum atomic E-state index is -2.75. The monoisotopic (exact) mass is 737 g/mol. The fourth-order valence-electron chi connectivity index (χ4n) is 9.21. The Labute approximate surface area is 323 Å². The second-order valence-corrected chi connectivity index (χ2v) is 22.0. The van der Waals surface area contributed by atoms with Crippen LogP contribution in [0.1, 0.15) is 0 Å². The van der Waals surface area contributed by atoms with Gasteiger partial charge < -0.3 is 4.57 Å². The number of hydrogen-bond donors (Lipinski definition) is 0. The molecule has 0 radical (unpaired) electrons. The molecule has 0 aliphatic rings. The van der Waals surface area contributed by atoms with Gasteiger partial charge in [-0.2, -0.15) is 0 Å². The van der Waals surface area contributed by atoms with Crippen LogP contribution in [0, 0.1) is 0 Å². The third-order valence-electron chi connectivity index (χ3n) is 11.6. The number of benzene rings is 8. The van der Waals surface area contributed by atoms with Gasteiger partial charge in [-0.3, -0.25) is 4.40 Å². The van der Waals surface area contributed by atoms with Crippen molar-refractivity contribution in [2.24, 2.45) is 7.05 Å². The van der Waals surface area contributed by atoms with Gasteiger partial charge in [-0.25, -0.2) is 4.98 Å². The number of aromatic nitrogens is 3. The number of rotatable bonds is 8. The van der Waals surface area contributed by atoms with E-state index in [-0.39, 0.29) is 0 Å². The minimum absolute atomic E-state index is 0.942. The molecule has 0 amide bonds. The van der Waals surface area contributed by atoms with Gasteiger partial charge in [0.15, 0.2) is 16.1 Å². The smallest absolute Gasteiger partial charge is 0.215 e. The molecule has 0 unspecified atom stereocenters. The lowest BCUT2D eigenvalue weighted by atomic mass is 10.3. The summed E-state index contributed by atoms with van der Waals surface area (Å²) in [6, 6.07) is 81.2. The Morgan fingerprint density at radius 1 is 0.327 bits per heavy atom. The number of nitrogens with zero attached hydrogens (tertiary/aromatic N) is 3. The second-order valence-electron chi connectivity index (χ2n) is 14.4. The molecule has 55 heavy (non-hydrogen) atoms. The van der Waals surface area contributed by atoms with Crippen molar-refractivity contribution in [3.63, 3.8) is 0 Å². The summed E-state index contributed by atoms with van der Waals surface area (Å²) in [5.41, 5.74) is 4.45. The molecule has 0 spiro atoms. The molecule has 10 rings (SSSR count). The first kappa shape index (κ1) is 33.1. The molecule has 0 aliphatic carbocycles. The first-order chi connectivity index (χ1) is 27.2. The molecule has 0 atom stereocenters. The first-order valence-corrected chi connectivity index (χ1v) is 23.0. The highest BCUT2D eigenvalue weighted by molar-refractivity contribution is 7.20. The van der Waals surface area contributed by atoms with Crippen LogP contribution in [-0.4, -0.2) is 30.1 Å². The van der Waals surface area contributed by atoms with Crippen molar-refractivity contribution in [1.29, 1.82) is 0 Å². The van der Waals surface area contributed by atoms with Gasteiger partial charge in [-0.15, -0.1) is 0 Å². The molecule has 0 bridgehead atoms. The largest absolute Gasteiger partial charge is 0.313 e. The zero-order valence-electron chi connectivity index (χ0n) is 30.6. The Morgan fingerprint density at radius 2 is 0.655 bits per heavy atom. The summed E-state index contributed by atoms with van der Waals surface area (Å²) in [4.78, 5) is 5.31. The average molecular weight is 738 g/mol. The number of fused-ring (bicyclic) bond motifs is 5. The van der Waals surface area contributed by atoms with E-state index < -0.39 is 16.1 Å². The molecule has 0 N–H and O–H groups in total. The lowest BCUT2D eigenvalue weighted by Gasteiger charge is -2.34. The first-order valence-electron chi connectivity index (χ1n) is 19.0. The Balaban J connectivity index is 1.30. The molecule has 2 aromatic heterocycles. The SMILES string of the molecule is Cn1c2ccc([Si](c3ccccc3)(c3ccccc3)c3ccccc3)cc2n2c3cc([Si](c4ccccc4)(c4ccccc4)c4ccccc4)ccc3nc12. The van der Waals surface area contributed by atoms with Gasteiger partial charge in [0, 0.05) is 7.05 Å². The van der Waals surface area contributed by atoms with Crippen molar-refractivity contribution in [3.8, 4) is 0 Å². The lowest BCUT2D eigenvalue weighted by molar-refractivity contribution is 0.974. The summed E-state index contributed by atoms with van der Waals surface area (Å²) in [5, 5.41) is 10.8. The predicted octanol–water partition coefficient (Wildman–Crippen LogP) is 5.73. The van der Waals surface area contributed by atoms with Gasteiger partial charge in [0.1, 0.15) is 0 Å². The van der Waals surface area contributed by atoms with E-state index in [9.17, 15) is 0 Å². The van der Waals surface area contributed by atoms with E-state index in [1.165, 1.54) is 47.0 Å². The summed E-state index contributed by atoms with van der Waals surface area (Å²) < 4.78 is 4.67. The van der Waals surface area contributed by atoms with Crippen LogP contribution in [0.3, 0.4) is 0 Å². The predicted molar refractivity (Wildman–Crippen MR) is 236 cm³/mol. The maximum atomic E-state index is 5.31. The zero-order valence-corrected chi connectivity index (χ0v) is 32.6. The van der Waals surface area contributed by atoms with Crippen LogP contribution < -0.4 is 41.5 Å². The number of imidazole rings is 2. The van der Waals surface area contributed by atoms with Gasteiger partial charge in [0.05, 0.1) is 22.1 Å². The fourth-order valence-corrected chi connectivity index (χ4v) is 18.7. The van der Waals surface area contributed by atoms with Gasteiger partial charge in [0.2, 0.25) is 5.78 Å². The molecule has 0 saturated carbocycles. The summed E-state index contributed by atoms with van der Waals surface area (Å²) in [6.45, 7) is 0. The molecule has 2 heterocycles. The van der Waals surface area contributed by atoms with Crippen molar-refractivity contribution in [2.45, 2.75) is 0 Å². The topological polar surface area (TPSA) is 22.2 Å². The van der Waals surface area contributed by atoms with Crippen LogP contribution in [0.5, 0.6) is 0 Å². The van der Waals surface area contributed by atoms with E-state index >= 15 is 0 Å². The number of aryl methyl sites for hydroxylation is 1. The highest BCUT2D eigenvalue weighted by Gasteiger charge is 2.43. The summed E-state index contributed by atoms with van der Waals surface area (Å²) in [7, 11) is -3.35. The zero-order chi connectivity index (χ0) is 36.8. The minimum Gasteiger partial charge on any atom is -0.313 e. The highest BCUT2D eigenvalue weighted by atomic mass is 28.3. The average Bonchev–Trinajstić information content (AvgIpc) is 3.78. The molecule has 8 aromatic carbocycles. The Bertz CT molecular complexity index is 2710. The Morgan fingerprint density at radius 3 is 1.02 bits per heavy atom. The third kappa shape index (κ3) is 5.04. The third-order valence-corrected chi connectivity index (χ3v) is 21.2. The van der Waals surface area contributed by atoms with Crippen molar-refractivity contribution in [2.75, 3.05) is 0 Å². The van der Waals surface area contributed by atoms with Crippen molar-refractivity contribution >= 4 is 85.5 Å². The van der Waals surface area contributed by atoms with Crippen molar-refractivity contribution in [3.05, 3.63) is 218 Å². The van der Waals surface area contributed by atoms with E-state index in [1.807, 2.05) is 0 Å². The summed E-state index contributed by atoms with van der Waals surface area (Å²) >= 11 is 0. The van der Waals surface area contributed by atoms with Crippen LogP contribution in [0.2, 0.25) is 0 Å². The van der Waals surface area contributed by atoms with Crippen LogP contribution in [-0.2, 0) is 7.05 Å². The van der Waals surface area contributed by atoms with Crippen molar-refractivity contribution in [1.82, 2.24) is 14.0 Å². The van der Waals surface area contributed by atoms with E-state index in [1.54, 1.807) is 0 Å². The standard InChI is InChI=1S/C50H39N3Si2/c1-52-47-35-33-45(55(41-26-14-5-15-27-41,42-28-16-6-17-29-42)43-30-18-7-19-31-43)37-49(47)53-48-36-44(32-34-46(48)51-50(52)53)54(38-20-8-2-9-21-38,39-22-10-3-11-23-39)40-24-12-4-13-25-40/h2-37H,1H3. The van der Waals surface area contributed by atoms with Crippen LogP contribution >= 0.6 is 0 Å². The van der Waals surface area contributed by atoms with Crippen LogP contribution in [0.15, 0.2) is 218 Å². The van der Waals surface area contributed by atoms with Gasteiger partial charge >= 0.3 is 0 Å².